The summed E-state index contributed by atoms with van der Waals surface area (Å²) in [4.78, 5) is 3.76. The zero-order chi connectivity index (χ0) is 12.3. The van der Waals surface area contributed by atoms with Gasteiger partial charge in [0.05, 0.1) is 12.1 Å². The van der Waals surface area contributed by atoms with Gasteiger partial charge in [-0.15, -0.1) is 0 Å². The molecule has 17 heavy (non-hydrogen) atoms. The van der Waals surface area contributed by atoms with Crippen molar-refractivity contribution in [1.29, 1.82) is 0 Å². The summed E-state index contributed by atoms with van der Waals surface area (Å²) in [5, 5.41) is 0.223. The van der Waals surface area contributed by atoms with Gasteiger partial charge in [-0.3, -0.25) is 0 Å². The quantitative estimate of drug-likeness (QED) is 0.836. The largest absolute Gasteiger partial charge is 0.497 e. The number of benzene rings is 1. The van der Waals surface area contributed by atoms with Crippen LogP contribution in [0.4, 0.5) is 4.39 Å². The van der Waals surface area contributed by atoms with Gasteiger partial charge in [0.15, 0.2) is 5.82 Å². The Morgan fingerprint density at radius 3 is 2.71 bits per heavy atom. The maximum atomic E-state index is 13.4. The molecule has 1 aromatic heterocycles. The van der Waals surface area contributed by atoms with Gasteiger partial charge in [-0.05, 0) is 18.2 Å². The average Bonchev–Trinajstić information content (AvgIpc) is 2.33. The Bertz CT molecular complexity index is 534. The molecule has 0 radical (unpaired) electrons. The van der Waals surface area contributed by atoms with Crippen LogP contribution in [-0.4, -0.2) is 12.1 Å². The summed E-state index contributed by atoms with van der Waals surface area (Å²) < 4.78 is 23.7. The van der Waals surface area contributed by atoms with E-state index in [-0.39, 0.29) is 10.9 Å². The van der Waals surface area contributed by atoms with Crippen molar-refractivity contribution in [3.63, 3.8) is 0 Å². The summed E-state index contributed by atoms with van der Waals surface area (Å²) in [6.07, 6.45) is 1.32. The molecular weight excluding hydrogens is 245 g/mol. The van der Waals surface area contributed by atoms with Crippen molar-refractivity contribution in [2.75, 3.05) is 7.11 Å². The molecule has 0 amide bonds. The number of ether oxygens (including phenoxy) is 2. The van der Waals surface area contributed by atoms with E-state index >= 15 is 0 Å². The van der Waals surface area contributed by atoms with Crippen LogP contribution >= 0.6 is 11.6 Å². The van der Waals surface area contributed by atoms with Gasteiger partial charge in [0, 0.05) is 12.3 Å². The number of aromatic nitrogens is 1. The Kier molecular flexibility index (Phi) is 3.44. The molecule has 2 aromatic rings. The van der Waals surface area contributed by atoms with E-state index in [4.69, 9.17) is 21.1 Å². The number of hydrogen-bond acceptors (Lipinski definition) is 3. The molecule has 1 heterocycles. The molecular formula is C12H9ClFNO2. The van der Waals surface area contributed by atoms with Gasteiger partial charge < -0.3 is 9.47 Å². The number of nitrogens with zero attached hydrogens (tertiary/aromatic N) is 1. The number of halogens is 2. The molecule has 5 heteroatoms. The zero-order valence-electron chi connectivity index (χ0n) is 8.98. The predicted octanol–water partition coefficient (Wildman–Crippen LogP) is 3.68. The minimum Gasteiger partial charge on any atom is -0.497 e. The smallest absolute Gasteiger partial charge is 0.255 e. The highest BCUT2D eigenvalue weighted by Crippen LogP contribution is 2.26. The van der Waals surface area contributed by atoms with Crippen LogP contribution in [0.2, 0.25) is 5.02 Å². The van der Waals surface area contributed by atoms with Crippen molar-refractivity contribution in [2.45, 2.75) is 0 Å². The highest BCUT2D eigenvalue weighted by Gasteiger charge is 2.07. The van der Waals surface area contributed by atoms with Crippen LogP contribution in [0.5, 0.6) is 17.4 Å². The van der Waals surface area contributed by atoms with Crippen molar-refractivity contribution >= 4 is 11.6 Å². The molecule has 1 aromatic carbocycles. The van der Waals surface area contributed by atoms with Gasteiger partial charge in [0.2, 0.25) is 0 Å². The molecule has 0 unspecified atom stereocenters. The Hall–Kier alpha value is -1.81. The van der Waals surface area contributed by atoms with Crippen molar-refractivity contribution in [3.8, 4) is 17.4 Å². The molecule has 0 fully saturated rings. The van der Waals surface area contributed by atoms with Crippen LogP contribution in [0.3, 0.4) is 0 Å². The van der Waals surface area contributed by atoms with Gasteiger partial charge in [0.25, 0.3) is 5.88 Å². The fourth-order valence-electron chi connectivity index (χ4n) is 1.25. The summed E-state index contributed by atoms with van der Waals surface area (Å²) in [6.45, 7) is 0. The first-order valence-electron chi connectivity index (χ1n) is 4.82. The normalized spacial score (nSPS) is 10.1. The van der Waals surface area contributed by atoms with Gasteiger partial charge >= 0.3 is 0 Å². The summed E-state index contributed by atoms with van der Waals surface area (Å²) in [6, 6.07) is 7.96. The molecule has 0 aliphatic heterocycles. The lowest BCUT2D eigenvalue weighted by atomic mass is 10.3. The fourth-order valence-corrected chi connectivity index (χ4v) is 1.40. The second-order valence-electron chi connectivity index (χ2n) is 3.22. The number of rotatable bonds is 3. The predicted molar refractivity (Wildman–Crippen MR) is 62.3 cm³/mol. The lowest BCUT2D eigenvalue weighted by molar-refractivity contribution is 0.400. The lowest BCUT2D eigenvalue weighted by Gasteiger charge is -2.07. The van der Waals surface area contributed by atoms with E-state index in [2.05, 4.69) is 4.98 Å². The molecule has 2 rings (SSSR count). The van der Waals surface area contributed by atoms with Crippen LogP contribution in [0.25, 0.3) is 0 Å². The molecule has 0 aliphatic carbocycles. The van der Waals surface area contributed by atoms with Crippen LogP contribution in [0.1, 0.15) is 0 Å². The molecule has 0 saturated carbocycles. The van der Waals surface area contributed by atoms with Gasteiger partial charge in [0.1, 0.15) is 11.5 Å². The summed E-state index contributed by atoms with van der Waals surface area (Å²) >= 11 is 5.59. The van der Waals surface area contributed by atoms with Crippen molar-refractivity contribution < 1.29 is 13.9 Å². The first kappa shape index (κ1) is 11.7. The minimum absolute atomic E-state index is 0.123. The SMILES string of the molecule is COc1cccc(Oc2ncc(Cl)cc2F)c1. The van der Waals surface area contributed by atoms with Crippen LogP contribution < -0.4 is 9.47 Å². The molecule has 0 bridgehead atoms. The standard InChI is InChI=1S/C12H9ClFNO2/c1-16-9-3-2-4-10(6-9)17-12-11(14)5-8(13)7-15-12/h2-7H,1H3. The van der Waals surface area contributed by atoms with E-state index in [1.165, 1.54) is 6.20 Å². The summed E-state index contributed by atoms with van der Waals surface area (Å²) in [5.74, 6) is 0.331. The molecule has 0 N–H and O–H groups in total. The third kappa shape index (κ3) is 2.85. The van der Waals surface area contributed by atoms with E-state index < -0.39 is 5.82 Å². The minimum atomic E-state index is -0.611. The highest BCUT2D eigenvalue weighted by atomic mass is 35.5. The second kappa shape index (κ2) is 5.01. The zero-order valence-corrected chi connectivity index (χ0v) is 9.74. The summed E-state index contributed by atoms with van der Waals surface area (Å²) in [5.41, 5.74) is 0. The number of methoxy groups -OCH3 is 1. The van der Waals surface area contributed by atoms with Crippen LogP contribution in [-0.2, 0) is 0 Å². The topological polar surface area (TPSA) is 31.4 Å². The van der Waals surface area contributed by atoms with Gasteiger partial charge in [-0.1, -0.05) is 17.7 Å². The molecule has 88 valence electrons. The van der Waals surface area contributed by atoms with Crippen molar-refractivity contribution in [3.05, 3.63) is 47.4 Å². The Labute approximate surface area is 103 Å². The Morgan fingerprint density at radius 2 is 2.00 bits per heavy atom. The van der Waals surface area contributed by atoms with Crippen LogP contribution in [0, 0.1) is 5.82 Å². The van der Waals surface area contributed by atoms with Gasteiger partial charge in [-0.25, -0.2) is 9.37 Å². The van der Waals surface area contributed by atoms with E-state index in [9.17, 15) is 4.39 Å². The molecule has 0 spiro atoms. The monoisotopic (exact) mass is 253 g/mol. The lowest BCUT2D eigenvalue weighted by Crippen LogP contribution is -1.92. The first-order chi connectivity index (χ1) is 8.19. The molecule has 3 nitrogen and oxygen atoms in total. The maximum absolute atomic E-state index is 13.4. The first-order valence-corrected chi connectivity index (χ1v) is 5.20. The van der Waals surface area contributed by atoms with Crippen molar-refractivity contribution in [1.82, 2.24) is 4.98 Å². The average molecular weight is 254 g/mol. The van der Waals surface area contributed by atoms with E-state index in [1.807, 2.05) is 0 Å². The maximum Gasteiger partial charge on any atom is 0.255 e. The molecule has 0 atom stereocenters. The third-order valence-electron chi connectivity index (χ3n) is 2.03. The van der Waals surface area contributed by atoms with Crippen LogP contribution in [0.15, 0.2) is 36.5 Å². The van der Waals surface area contributed by atoms with E-state index in [0.29, 0.717) is 11.5 Å². The van der Waals surface area contributed by atoms with E-state index in [0.717, 1.165) is 6.07 Å². The van der Waals surface area contributed by atoms with E-state index in [1.54, 1.807) is 31.4 Å². The molecule has 0 saturated heterocycles. The highest BCUT2D eigenvalue weighted by molar-refractivity contribution is 6.30. The second-order valence-corrected chi connectivity index (χ2v) is 3.66. The third-order valence-corrected chi connectivity index (χ3v) is 2.24. The van der Waals surface area contributed by atoms with Gasteiger partial charge in [-0.2, -0.15) is 0 Å². The Morgan fingerprint density at radius 1 is 1.24 bits per heavy atom. The Balaban J connectivity index is 2.25. The number of pyridine rings is 1. The number of hydrogen-bond donors (Lipinski definition) is 0. The fraction of sp³-hybridized carbons (Fsp3) is 0.0833. The van der Waals surface area contributed by atoms with Crippen molar-refractivity contribution in [2.24, 2.45) is 0 Å². The summed E-state index contributed by atoms with van der Waals surface area (Å²) in [7, 11) is 1.54. The molecule has 0 aliphatic rings.